The Hall–Kier alpha value is -1.76. The Morgan fingerprint density at radius 1 is 0.720 bits per heavy atom. The van der Waals surface area contributed by atoms with Gasteiger partial charge in [-0.2, -0.15) is 0 Å². The van der Waals surface area contributed by atoms with Crippen LogP contribution in [0.4, 0.5) is 11.4 Å². The summed E-state index contributed by atoms with van der Waals surface area (Å²) >= 11 is 0. The van der Waals surface area contributed by atoms with E-state index in [0.29, 0.717) is 6.04 Å². The fourth-order valence-corrected chi connectivity index (χ4v) is 3.58. The Labute approximate surface area is 155 Å². The maximum absolute atomic E-state index is 2.56. The molecule has 1 heteroatoms. The SMILES string of the molecule is CCCCCCCC(N(c1ccccc1)c1ccccc1)C(C)(C)C. The molecule has 0 fully saturated rings. The molecule has 2 rings (SSSR count). The molecule has 0 aliphatic heterocycles. The number of hydrogen-bond donors (Lipinski definition) is 0. The molecule has 0 spiro atoms. The average molecular weight is 338 g/mol. The van der Waals surface area contributed by atoms with Crippen molar-refractivity contribution in [3.8, 4) is 0 Å². The van der Waals surface area contributed by atoms with Crippen molar-refractivity contribution in [2.24, 2.45) is 5.41 Å². The van der Waals surface area contributed by atoms with E-state index in [1.54, 1.807) is 0 Å². The number of hydrogen-bond acceptors (Lipinski definition) is 1. The fraction of sp³-hybridized carbons (Fsp3) is 0.500. The smallest absolute Gasteiger partial charge is 0.0413 e. The monoisotopic (exact) mass is 337 g/mol. The van der Waals surface area contributed by atoms with Crippen molar-refractivity contribution in [2.75, 3.05) is 4.90 Å². The second-order valence-corrected chi connectivity index (χ2v) is 8.13. The summed E-state index contributed by atoms with van der Waals surface area (Å²) in [5.41, 5.74) is 2.81. The molecule has 0 aromatic heterocycles. The van der Waals surface area contributed by atoms with Crippen molar-refractivity contribution in [3.63, 3.8) is 0 Å². The first-order valence-corrected chi connectivity index (χ1v) is 9.93. The lowest BCUT2D eigenvalue weighted by Gasteiger charge is -2.42. The Kier molecular flexibility index (Phi) is 7.55. The minimum absolute atomic E-state index is 0.219. The van der Waals surface area contributed by atoms with Crippen molar-refractivity contribution in [2.45, 2.75) is 72.3 Å². The number of anilines is 2. The normalized spacial score (nSPS) is 12.8. The highest BCUT2D eigenvalue weighted by Crippen LogP contribution is 2.37. The number of nitrogens with zero attached hydrogens (tertiary/aromatic N) is 1. The Morgan fingerprint density at radius 3 is 1.64 bits per heavy atom. The maximum atomic E-state index is 2.56. The van der Waals surface area contributed by atoms with Gasteiger partial charge in [0.2, 0.25) is 0 Å². The third kappa shape index (κ3) is 5.92. The molecule has 2 aromatic rings. The van der Waals surface area contributed by atoms with Gasteiger partial charge >= 0.3 is 0 Å². The molecule has 0 aliphatic rings. The molecule has 0 heterocycles. The van der Waals surface area contributed by atoms with Crippen molar-refractivity contribution in [3.05, 3.63) is 60.7 Å². The van der Waals surface area contributed by atoms with Crippen LogP contribution in [0.15, 0.2) is 60.7 Å². The minimum Gasteiger partial charge on any atom is -0.338 e. The Morgan fingerprint density at radius 2 is 1.20 bits per heavy atom. The molecule has 0 saturated heterocycles. The van der Waals surface area contributed by atoms with E-state index < -0.39 is 0 Å². The van der Waals surface area contributed by atoms with E-state index in [-0.39, 0.29) is 5.41 Å². The van der Waals surface area contributed by atoms with Gasteiger partial charge in [0, 0.05) is 17.4 Å². The first-order valence-electron chi connectivity index (χ1n) is 9.93. The first kappa shape index (κ1) is 19.6. The summed E-state index contributed by atoms with van der Waals surface area (Å²) in [7, 11) is 0. The van der Waals surface area contributed by atoms with E-state index >= 15 is 0 Å². The predicted octanol–water partition coefficient (Wildman–Crippen LogP) is 7.60. The maximum Gasteiger partial charge on any atom is 0.0413 e. The highest BCUT2D eigenvalue weighted by molar-refractivity contribution is 5.64. The molecule has 0 N–H and O–H groups in total. The molecule has 1 nitrogen and oxygen atoms in total. The van der Waals surface area contributed by atoms with Gasteiger partial charge < -0.3 is 4.90 Å². The summed E-state index contributed by atoms with van der Waals surface area (Å²) in [5.74, 6) is 0. The van der Waals surface area contributed by atoms with E-state index in [1.807, 2.05) is 0 Å². The Balaban J connectivity index is 2.27. The van der Waals surface area contributed by atoms with Gasteiger partial charge in [0.05, 0.1) is 0 Å². The minimum atomic E-state index is 0.219. The number of rotatable bonds is 9. The van der Waals surface area contributed by atoms with E-state index in [1.165, 1.54) is 49.9 Å². The third-order valence-electron chi connectivity index (χ3n) is 4.96. The molecule has 0 amide bonds. The van der Waals surface area contributed by atoms with Crippen LogP contribution in [0.25, 0.3) is 0 Å². The van der Waals surface area contributed by atoms with Gasteiger partial charge in [0.1, 0.15) is 0 Å². The second kappa shape index (κ2) is 9.65. The van der Waals surface area contributed by atoms with Gasteiger partial charge in [-0.3, -0.25) is 0 Å². The van der Waals surface area contributed by atoms with E-state index in [0.717, 1.165) is 0 Å². The largest absolute Gasteiger partial charge is 0.338 e. The molecule has 1 unspecified atom stereocenters. The molecule has 2 aromatic carbocycles. The molecule has 25 heavy (non-hydrogen) atoms. The van der Waals surface area contributed by atoms with Gasteiger partial charge in [-0.25, -0.2) is 0 Å². The van der Waals surface area contributed by atoms with Crippen LogP contribution in [-0.4, -0.2) is 6.04 Å². The Bertz CT molecular complexity index is 543. The molecular formula is C24H35N. The van der Waals surface area contributed by atoms with Crippen LogP contribution >= 0.6 is 0 Å². The fourth-order valence-electron chi connectivity index (χ4n) is 3.58. The highest BCUT2D eigenvalue weighted by Gasteiger charge is 2.31. The van der Waals surface area contributed by atoms with Crippen molar-refractivity contribution >= 4 is 11.4 Å². The standard InChI is InChI=1S/C24H35N/c1-5-6-7-8-15-20-23(24(2,3)4)25(21-16-11-9-12-17-21)22-18-13-10-14-19-22/h9-14,16-19,23H,5-8,15,20H2,1-4H3. The van der Waals surface area contributed by atoms with E-state index in [9.17, 15) is 0 Å². The summed E-state index contributed by atoms with van der Waals surface area (Å²) in [5, 5.41) is 0. The second-order valence-electron chi connectivity index (χ2n) is 8.13. The average Bonchev–Trinajstić information content (AvgIpc) is 2.61. The first-order chi connectivity index (χ1) is 12.0. The lowest BCUT2D eigenvalue weighted by atomic mass is 9.81. The number of para-hydroxylation sites is 2. The zero-order valence-electron chi connectivity index (χ0n) is 16.5. The van der Waals surface area contributed by atoms with E-state index in [4.69, 9.17) is 0 Å². The van der Waals surface area contributed by atoms with Crippen LogP contribution in [0.3, 0.4) is 0 Å². The van der Waals surface area contributed by atoms with E-state index in [2.05, 4.69) is 93.3 Å². The van der Waals surface area contributed by atoms with Crippen molar-refractivity contribution in [1.29, 1.82) is 0 Å². The topological polar surface area (TPSA) is 3.24 Å². The third-order valence-corrected chi connectivity index (χ3v) is 4.96. The number of unbranched alkanes of at least 4 members (excludes halogenated alkanes) is 4. The van der Waals surface area contributed by atoms with Gasteiger partial charge in [0.25, 0.3) is 0 Å². The van der Waals surface area contributed by atoms with Crippen molar-refractivity contribution in [1.82, 2.24) is 0 Å². The van der Waals surface area contributed by atoms with Crippen LogP contribution in [0, 0.1) is 5.41 Å². The van der Waals surface area contributed by atoms with Gasteiger partial charge in [0.15, 0.2) is 0 Å². The van der Waals surface area contributed by atoms with Crippen LogP contribution in [0.1, 0.15) is 66.2 Å². The van der Waals surface area contributed by atoms with Crippen LogP contribution in [0.5, 0.6) is 0 Å². The molecular weight excluding hydrogens is 302 g/mol. The van der Waals surface area contributed by atoms with Crippen LogP contribution in [0.2, 0.25) is 0 Å². The zero-order chi connectivity index (χ0) is 18.1. The van der Waals surface area contributed by atoms with Gasteiger partial charge in [-0.05, 0) is 36.1 Å². The van der Waals surface area contributed by atoms with Gasteiger partial charge in [-0.1, -0.05) is 96.2 Å². The molecule has 1 atom stereocenters. The quantitative estimate of drug-likeness (QED) is 0.426. The highest BCUT2D eigenvalue weighted by atomic mass is 15.2. The van der Waals surface area contributed by atoms with Crippen molar-refractivity contribution < 1.29 is 0 Å². The predicted molar refractivity (Wildman–Crippen MR) is 112 cm³/mol. The summed E-state index contributed by atoms with van der Waals surface area (Å²) in [6.07, 6.45) is 7.92. The molecule has 0 saturated carbocycles. The zero-order valence-corrected chi connectivity index (χ0v) is 16.5. The lowest BCUT2D eigenvalue weighted by Crippen LogP contribution is -2.41. The van der Waals surface area contributed by atoms with Crippen LogP contribution < -0.4 is 4.90 Å². The number of benzene rings is 2. The van der Waals surface area contributed by atoms with Crippen LogP contribution in [-0.2, 0) is 0 Å². The summed E-state index contributed by atoms with van der Waals surface area (Å²) in [4.78, 5) is 2.56. The molecule has 0 bridgehead atoms. The summed E-state index contributed by atoms with van der Waals surface area (Å²) in [6, 6.07) is 22.2. The molecule has 0 aliphatic carbocycles. The molecule has 0 radical (unpaired) electrons. The molecule has 136 valence electrons. The lowest BCUT2D eigenvalue weighted by molar-refractivity contribution is 0.295. The summed E-state index contributed by atoms with van der Waals surface area (Å²) in [6.45, 7) is 9.41. The van der Waals surface area contributed by atoms with Gasteiger partial charge in [-0.15, -0.1) is 0 Å². The summed E-state index contributed by atoms with van der Waals surface area (Å²) < 4.78 is 0.